The van der Waals surface area contributed by atoms with Crippen LogP contribution in [0.25, 0.3) is 0 Å². The van der Waals surface area contributed by atoms with Crippen LogP contribution in [0.5, 0.6) is 0 Å². The third-order valence-corrected chi connectivity index (χ3v) is 0.833. The van der Waals surface area contributed by atoms with Crippen molar-refractivity contribution in [2.24, 2.45) is 0 Å². The third kappa shape index (κ3) is 1.48. The topological polar surface area (TPSA) is 75.4 Å². The van der Waals surface area contributed by atoms with Gasteiger partial charge in [0.05, 0.1) is 5.69 Å². The van der Waals surface area contributed by atoms with E-state index in [1.165, 1.54) is 6.26 Å². The fourth-order valence-electron chi connectivity index (χ4n) is 0.503. The molecule has 1 aromatic rings. The van der Waals surface area contributed by atoms with Crippen molar-refractivity contribution >= 4 is 12.1 Å². The van der Waals surface area contributed by atoms with Gasteiger partial charge in [0.25, 0.3) is 0 Å². The number of carbonyl (C=O) groups is 1. The van der Waals surface area contributed by atoms with Crippen LogP contribution in [0.1, 0.15) is 5.69 Å². The Kier molecular flexibility index (Phi) is 1.57. The molecule has 5 heteroatoms. The lowest BCUT2D eigenvalue weighted by Crippen LogP contribution is -2.07. The molecule has 0 aliphatic carbocycles. The van der Waals surface area contributed by atoms with Gasteiger partial charge >= 0.3 is 12.1 Å². The Hall–Kier alpha value is -1.52. The average molecular weight is 142 g/mol. The van der Waals surface area contributed by atoms with Gasteiger partial charge in [-0.2, -0.15) is 4.98 Å². The first-order valence-corrected chi connectivity index (χ1v) is 2.60. The van der Waals surface area contributed by atoms with Gasteiger partial charge in [0.1, 0.15) is 6.26 Å². The van der Waals surface area contributed by atoms with Gasteiger partial charge in [-0.05, 0) is 6.92 Å². The lowest BCUT2D eigenvalue weighted by Gasteiger charge is -1.88. The van der Waals surface area contributed by atoms with E-state index in [1.807, 2.05) is 5.32 Å². The standard InChI is InChI=1S/C5H6N2O3/c1-3-2-10-4(6-3)7-5(8)9/h2H,1H3,(H,6,7)(H,8,9). The van der Waals surface area contributed by atoms with E-state index in [0.717, 1.165) is 0 Å². The molecule has 0 aromatic carbocycles. The fourth-order valence-corrected chi connectivity index (χ4v) is 0.503. The van der Waals surface area contributed by atoms with Gasteiger partial charge in [-0.25, -0.2) is 10.1 Å². The molecular formula is C5H6N2O3. The minimum atomic E-state index is -1.18. The molecule has 0 aliphatic rings. The van der Waals surface area contributed by atoms with Crippen molar-refractivity contribution in [1.82, 2.24) is 4.98 Å². The number of oxazole rings is 1. The highest BCUT2D eigenvalue weighted by Crippen LogP contribution is 2.04. The van der Waals surface area contributed by atoms with Crippen molar-refractivity contribution in [3.05, 3.63) is 12.0 Å². The first kappa shape index (κ1) is 6.60. The average Bonchev–Trinajstić information content (AvgIpc) is 2.13. The number of nitrogens with zero attached hydrogens (tertiary/aromatic N) is 1. The molecule has 1 aromatic heterocycles. The monoisotopic (exact) mass is 142 g/mol. The molecular weight excluding hydrogens is 136 g/mol. The highest BCUT2D eigenvalue weighted by Gasteiger charge is 2.01. The van der Waals surface area contributed by atoms with E-state index in [1.54, 1.807) is 6.92 Å². The van der Waals surface area contributed by atoms with Crippen molar-refractivity contribution in [2.75, 3.05) is 5.32 Å². The summed E-state index contributed by atoms with van der Waals surface area (Å²) in [5.74, 6) is 0. The van der Waals surface area contributed by atoms with E-state index in [9.17, 15) is 4.79 Å². The Balaban J connectivity index is 2.67. The van der Waals surface area contributed by atoms with Gasteiger partial charge < -0.3 is 9.52 Å². The zero-order valence-electron chi connectivity index (χ0n) is 5.29. The van der Waals surface area contributed by atoms with E-state index in [2.05, 4.69) is 9.40 Å². The van der Waals surface area contributed by atoms with Gasteiger partial charge in [-0.3, -0.25) is 0 Å². The summed E-state index contributed by atoms with van der Waals surface area (Å²) in [7, 11) is 0. The molecule has 0 aliphatic heterocycles. The Labute approximate surface area is 56.7 Å². The van der Waals surface area contributed by atoms with Crippen molar-refractivity contribution in [3.8, 4) is 0 Å². The summed E-state index contributed by atoms with van der Waals surface area (Å²) >= 11 is 0. The second kappa shape index (κ2) is 2.38. The second-order valence-corrected chi connectivity index (χ2v) is 1.72. The predicted octanol–water partition coefficient (Wildman–Crippen LogP) is 1.07. The van der Waals surface area contributed by atoms with E-state index >= 15 is 0 Å². The number of anilines is 1. The fraction of sp³-hybridized carbons (Fsp3) is 0.200. The summed E-state index contributed by atoms with van der Waals surface area (Å²) in [6, 6.07) is 0.00463. The number of aryl methyl sites for hydroxylation is 1. The summed E-state index contributed by atoms with van der Waals surface area (Å²) in [6.45, 7) is 1.70. The summed E-state index contributed by atoms with van der Waals surface area (Å²) in [6.07, 6.45) is 0.188. The summed E-state index contributed by atoms with van der Waals surface area (Å²) in [5, 5.41) is 10.1. The van der Waals surface area contributed by atoms with Crippen LogP contribution in [-0.4, -0.2) is 16.2 Å². The first-order valence-electron chi connectivity index (χ1n) is 2.60. The molecule has 2 N–H and O–H groups in total. The van der Waals surface area contributed by atoms with Crippen molar-refractivity contribution < 1.29 is 14.3 Å². The summed E-state index contributed by atoms with van der Waals surface area (Å²) < 4.78 is 4.67. The van der Waals surface area contributed by atoms with E-state index in [4.69, 9.17) is 5.11 Å². The van der Waals surface area contributed by atoms with Crippen LogP contribution in [0.15, 0.2) is 10.7 Å². The zero-order valence-corrected chi connectivity index (χ0v) is 5.29. The van der Waals surface area contributed by atoms with Gasteiger partial charge in [-0.1, -0.05) is 0 Å². The largest absolute Gasteiger partial charge is 0.465 e. The highest BCUT2D eigenvalue weighted by atomic mass is 16.4. The lowest BCUT2D eigenvalue weighted by molar-refractivity contribution is 0.209. The van der Waals surface area contributed by atoms with Crippen LogP contribution >= 0.6 is 0 Å². The van der Waals surface area contributed by atoms with Crippen LogP contribution in [-0.2, 0) is 0 Å². The molecule has 0 fully saturated rings. The molecule has 0 saturated carbocycles. The van der Waals surface area contributed by atoms with Gasteiger partial charge in [0.15, 0.2) is 0 Å². The van der Waals surface area contributed by atoms with Crippen LogP contribution in [0, 0.1) is 6.92 Å². The third-order valence-electron chi connectivity index (χ3n) is 0.833. The minimum Gasteiger partial charge on any atom is -0.465 e. The quantitative estimate of drug-likeness (QED) is 0.615. The molecule has 0 atom stereocenters. The maximum absolute atomic E-state index is 9.97. The van der Waals surface area contributed by atoms with E-state index < -0.39 is 6.09 Å². The van der Waals surface area contributed by atoms with E-state index in [-0.39, 0.29) is 6.01 Å². The first-order chi connectivity index (χ1) is 4.68. The molecule has 5 nitrogen and oxygen atoms in total. The molecule has 10 heavy (non-hydrogen) atoms. The Bertz CT molecular complexity index is 243. The molecule has 1 amide bonds. The number of carboxylic acid groups (broad SMARTS) is 1. The Morgan fingerprint density at radius 2 is 2.60 bits per heavy atom. The molecule has 0 radical (unpaired) electrons. The molecule has 54 valence electrons. The SMILES string of the molecule is Cc1coc(NC(=O)O)n1. The number of rotatable bonds is 1. The lowest BCUT2D eigenvalue weighted by atomic mass is 10.6. The molecule has 0 unspecified atom stereocenters. The number of hydrogen-bond acceptors (Lipinski definition) is 3. The Morgan fingerprint density at radius 1 is 1.90 bits per heavy atom. The number of amides is 1. The molecule has 1 heterocycles. The van der Waals surface area contributed by atoms with Crippen molar-refractivity contribution in [1.29, 1.82) is 0 Å². The zero-order chi connectivity index (χ0) is 7.56. The molecule has 1 rings (SSSR count). The number of aromatic nitrogens is 1. The maximum Gasteiger partial charge on any atom is 0.412 e. The van der Waals surface area contributed by atoms with Crippen LogP contribution < -0.4 is 5.32 Å². The maximum atomic E-state index is 9.97. The van der Waals surface area contributed by atoms with Gasteiger partial charge in [-0.15, -0.1) is 0 Å². The normalized spacial score (nSPS) is 9.30. The van der Waals surface area contributed by atoms with Crippen LogP contribution in [0.3, 0.4) is 0 Å². The molecule has 0 bridgehead atoms. The van der Waals surface area contributed by atoms with Crippen LogP contribution in [0.2, 0.25) is 0 Å². The highest BCUT2D eigenvalue weighted by molar-refractivity contribution is 5.79. The summed E-state index contributed by atoms with van der Waals surface area (Å²) in [4.78, 5) is 13.7. The van der Waals surface area contributed by atoms with Gasteiger partial charge in [0, 0.05) is 0 Å². The Morgan fingerprint density at radius 3 is 3.00 bits per heavy atom. The minimum absolute atomic E-state index is 0.00463. The van der Waals surface area contributed by atoms with Crippen molar-refractivity contribution in [2.45, 2.75) is 6.92 Å². The predicted molar refractivity (Wildman–Crippen MR) is 32.9 cm³/mol. The van der Waals surface area contributed by atoms with Crippen LogP contribution in [0.4, 0.5) is 10.8 Å². The molecule has 0 saturated heterocycles. The number of nitrogens with one attached hydrogen (secondary N) is 1. The smallest absolute Gasteiger partial charge is 0.412 e. The number of hydrogen-bond donors (Lipinski definition) is 2. The van der Waals surface area contributed by atoms with Crippen molar-refractivity contribution in [3.63, 3.8) is 0 Å². The van der Waals surface area contributed by atoms with E-state index in [0.29, 0.717) is 5.69 Å². The molecule has 0 spiro atoms. The summed E-state index contributed by atoms with van der Waals surface area (Å²) in [5.41, 5.74) is 0.642. The second-order valence-electron chi connectivity index (χ2n) is 1.72. The van der Waals surface area contributed by atoms with Gasteiger partial charge in [0.2, 0.25) is 0 Å².